The lowest BCUT2D eigenvalue weighted by Gasteiger charge is -2.11. The van der Waals surface area contributed by atoms with Gasteiger partial charge < -0.3 is 19.7 Å². The number of pyridine rings is 1. The molecule has 5 aromatic rings. The molecule has 8 nitrogen and oxygen atoms in total. The first-order valence-corrected chi connectivity index (χ1v) is 11.1. The van der Waals surface area contributed by atoms with Gasteiger partial charge in [0.15, 0.2) is 5.65 Å². The Morgan fingerprint density at radius 1 is 1.06 bits per heavy atom. The van der Waals surface area contributed by atoms with Crippen molar-refractivity contribution in [1.82, 2.24) is 24.1 Å². The lowest BCUT2D eigenvalue weighted by molar-refractivity contribution is 0.282. The Bertz CT molecular complexity index is 1510. The maximum Gasteiger partial charge on any atom is 0.247 e. The summed E-state index contributed by atoms with van der Waals surface area (Å²) < 4.78 is 9.26. The van der Waals surface area contributed by atoms with Crippen molar-refractivity contribution in [2.75, 3.05) is 12.4 Å². The summed E-state index contributed by atoms with van der Waals surface area (Å²) >= 11 is 6.13. The molecule has 0 aliphatic heterocycles. The summed E-state index contributed by atoms with van der Waals surface area (Å²) in [5, 5.41) is 18.3. The normalized spacial score (nSPS) is 11.2. The summed E-state index contributed by atoms with van der Waals surface area (Å²) in [4.78, 5) is 9.02. The van der Waals surface area contributed by atoms with Crippen LogP contribution in [0.1, 0.15) is 16.8 Å². The second-order valence-corrected chi connectivity index (χ2v) is 8.46. The molecule has 9 heteroatoms. The maximum absolute atomic E-state index is 9.87. The first kappa shape index (κ1) is 21.9. The van der Waals surface area contributed by atoms with Crippen LogP contribution < -0.4 is 10.1 Å². The Hall–Kier alpha value is -3.88. The van der Waals surface area contributed by atoms with Crippen LogP contribution >= 0.6 is 11.6 Å². The molecule has 0 amide bonds. The van der Waals surface area contributed by atoms with Crippen LogP contribution in [-0.2, 0) is 6.61 Å². The van der Waals surface area contributed by atoms with Gasteiger partial charge in [0.25, 0.3) is 0 Å². The second kappa shape index (κ2) is 8.81. The SMILES string of the molecule is COc1cc(Nc2nc3c(-c4ccc(Cl)cc4CO)cc(C)cn3n2)ccc1-n1cnc(C)c1. The molecule has 0 aliphatic carbocycles. The van der Waals surface area contributed by atoms with Crippen LogP contribution in [0.4, 0.5) is 11.6 Å². The first-order chi connectivity index (χ1) is 16.4. The largest absolute Gasteiger partial charge is 0.494 e. The molecule has 3 aromatic heterocycles. The van der Waals surface area contributed by atoms with Crippen LogP contribution in [0.3, 0.4) is 0 Å². The highest BCUT2D eigenvalue weighted by Crippen LogP contribution is 2.32. The number of hydrogen-bond acceptors (Lipinski definition) is 6. The zero-order valence-corrected chi connectivity index (χ0v) is 19.7. The van der Waals surface area contributed by atoms with Crippen molar-refractivity contribution >= 4 is 28.9 Å². The number of aliphatic hydroxyl groups is 1. The zero-order valence-electron chi connectivity index (χ0n) is 19.0. The number of aliphatic hydroxyl groups excluding tert-OH is 1. The number of anilines is 2. The Morgan fingerprint density at radius 3 is 2.65 bits per heavy atom. The molecule has 2 N–H and O–H groups in total. The molecule has 5 rings (SSSR count). The van der Waals surface area contributed by atoms with Crippen molar-refractivity contribution in [1.29, 1.82) is 0 Å². The average molecular weight is 475 g/mol. The second-order valence-electron chi connectivity index (χ2n) is 8.03. The molecule has 3 heterocycles. The molecule has 2 aromatic carbocycles. The van der Waals surface area contributed by atoms with Crippen molar-refractivity contribution in [3.63, 3.8) is 0 Å². The third-order valence-electron chi connectivity index (χ3n) is 5.52. The van der Waals surface area contributed by atoms with E-state index >= 15 is 0 Å². The minimum absolute atomic E-state index is 0.127. The number of aromatic nitrogens is 5. The zero-order chi connectivity index (χ0) is 23.8. The van der Waals surface area contributed by atoms with Gasteiger partial charge in [0.2, 0.25) is 5.95 Å². The van der Waals surface area contributed by atoms with Crippen molar-refractivity contribution in [2.24, 2.45) is 0 Å². The lowest BCUT2D eigenvalue weighted by Crippen LogP contribution is -1.98. The Labute approximate surface area is 201 Å². The van der Waals surface area contributed by atoms with Gasteiger partial charge in [0.1, 0.15) is 5.75 Å². The smallest absolute Gasteiger partial charge is 0.247 e. The van der Waals surface area contributed by atoms with E-state index < -0.39 is 0 Å². The highest BCUT2D eigenvalue weighted by Gasteiger charge is 2.15. The van der Waals surface area contributed by atoms with Gasteiger partial charge in [-0.3, -0.25) is 0 Å². The van der Waals surface area contributed by atoms with Crippen molar-refractivity contribution in [2.45, 2.75) is 20.5 Å². The number of nitrogens with one attached hydrogen (secondary N) is 1. The van der Waals surface area contributed by atoms with Crippen LogP contribution in [0, 0.1) is 13.8 Å². The van der Waals surface area contributed by atoms with E-state index in [9.17, 15) is 5.11 Å². The summed E-state index contributed by atoms with van der Waals surface area (Å²) in [7, 11) is 1.63. The predicted molar refractivity (Wildman–Crippen MR) is 132 cm³/mol. The molecule has 0 unspecified atom stereocenters. The predicted octanol–water partition coefficient (Wildman–Crippen LogP) is 5.10. The third-order valence-corrected chi connectivity index (χ3v) is 5.76. The molecule has 0 saturated carbocycles. The van der Waals surface area contributed by atoms with Crippen LogP contribution in [0.2, 0.25) is 5.02 Å². The number of ether oxygens (including phenoxy) is 1. The van der Waals surface area contributed by atoms with Gasteiger partial charge in [0.05, 0.1) is 31.4 Å². The van der Waals surface area contributed by atoms with Gasteiger partial charge in [-0.05, 0) is 60.9 Å². The number of fused-ring (bicyclic) bond motifs is 1. The number of rotatable bonds is 6. The van der Waals surface area contributed by atoms with E-state index in [1.807, 2.05) is 61.1 Å². The molecule has 0 bridgehead atoms. The molecule has 0 radical (unpaired) electrons. The minimum atomic E-state index is -0.127. The van der Waals surface area contributed by atoms with Gasteiger partial charge in [-0.2, -0.15) is 4.98 Å². The summed E-state index contributed by atoms with van der Waals surface area (Å²) in [6, 6.07) is 13.3. The van der Waals surface area contributed by atoms with E-state index in [2.05, 4.69) is 15.4 Å². The van der Waals surface area contributed by atoms with Gasteiger partial charge in [-0.15, -0.1) is 5.10 Å². The fraction of sp³-hybridized carbons (Fsp3) is 0.160. The summed E-state index contributed by atoms with van der Waals surface area (Å²) in [5.74, 6) is 1.14. The van der Waals surface area contributed by atoms with Crippen LogP contribution in [0.5, 0.6) is 5.75 Å². The van der Waals surface area contributed by atoms with Crippen LogP contribution in [0.25, 0.3) is 22.5 Å². The van der Waals surface area contributed by atoms with E-state index in [4.69, 9.17) is 21.3 Å². The molecule has 0 spiro atoms. The van der Waals surface area contributed by atoms with Crippen molar-refractivity contribution in [3.05, 3.63) is 83.0 Å². The molecule has 0 aliphatic rings. The number of nitrogens with zero attached hydrogens (tertiary/aromatic N) is 5. The topological polar surface area (TPSA) is 89.5 Å². The van der Waals surface area contributed by atoms with Crippen LogP contribution in [0.15, 0.2) is 61.2 Å². The fourth-order valence-electron chi connectivity index (χ4n) is 3.98. The van der Waals surface area contributed by atoms with Gasteiger partial charge in [-0.1, -0.05) is 17.7 Å². The molecule has 172 valence electrons. The van der Waals surface area contributed by atoms with E-state index in [0.717, 1.165) is 39.3 Å². The molecular formula is C25H23ClN6O2. The third kappa shape index (κ3) is 4.09. The summed E-state index contributed by atoms with van der Waals surface area (Å²) in [6.45, 7) is 3.81. The fourth-order valence-corrected chi connectivity index (χ4v) is 4.17. The maximum atomic E-state index is 9.87. The Kier molecular flexibility index (Phi) is 5.69. The molecular weight excluding hydrogens is 452 g/mol. The molecule has 0 saturated heterocycles. The van der Waals surface area contributed by atoms with Gasteiger partial charge >= 0.3 is 0 Å². The number of imidazole rings is 1. The molecule has 0 atom stereocenters. The average Bonchev–Trinajstić information content (AvgIpc) is 3.43. The quantitative estimate of drug-likeness (QED) is 0.356. The van der Waals surface area contributed by atoms with Crippen molar-refractivity contribution < 1.29 is 9.84 Å². The molecule has 0 fully saturated rings. The highest BCUT2D eigenvalue weighted by atomic mass is 35.5. The van der Waals surface area contributed by atoms with E-state index in [1.165, 1.54) is 0 Å². The minimum Gasteiger partial charge on any atom is -0.494 e. The van der Waals surface area contributed by atoms with Crippen LogP contribution in [-0.4, -0.2) is 36.4 Å². The number of methoxy groups -OCH3 is 1. The lowest BCUT2D eigenvalue weighted by atomic mass is 10.00. The standard InChI is InChI=1S/C25H23ClN6O2/c1-15-8-21(20-6-4-18(26)9-17(20)13-33)24-29-25(30-32(24)11-15)28-19-5-7-22(23(10-19)34-3)31-12-16(2)27-14-31/h4-12,14,33H,13H2,1-3H3,(H,28,30). The van der Waals surface area contributed by atoms with E-state index in [-0.39, 0.29) is 6.61 Å². The van der Waals surface area contributed by atoms with E-state index in [1.54, 1.807) is 30.1 Å². The number of hydrogen-bond donors (Lipinski definition) is 2. The Morgan fingerprint density at radius 2 is 1.91 bits per heavy atom. The number of benzene rings is 2. The monoisotopic (exact) mass is 474 g/mol. The van der Waals surface area contributed by atoms with Crippen molar-refractivity contribution in [3.8, 4) is 22.6 Å². The van der Waals surface area contributed by atoms with Gasteiger partial charge in [0, 0.05) is 34.7 Å². The Balaban J connectivity index is 1.53. The number of aryl methyl sites for hydroxylation is 2. The summed E-state index contributed by atoms with van der Waals surface area (Å²) in [5.41, 5.74) is 6.73. The molecule has 34 heavy (non-hydrogen) atoms. The highest BCUT2D eigenvalue weighted by molar-refractivity contribution is 6.30. The number of halogens is 1. The first-order valence-electron chi connectivity index (χ1n) is 10.7. The van der Waals surface area contributed by atoms with E-state index in [0.29, 0.717) is 22.4 Å². The van der Waals surface area contributed by atoms with Gasteiger partial charge in [-0.25, -0.2) is 9.50 Å². The summed E-state index contributed by atoms with van der Waals surface area (Å²) in [6.07, 6.45) is 5.61.